The first-order valence-electron chi connectivity index (χ1n) is 7.45. The molecule has 120 valence electrons. The lowest BCUT2D eigenvalue weighted by atomic mass is 10.2. The Labute approximate surface area is 132 Å². The molecule has 6 heteroatoms. The molecule has 0 aliphatic heterocycles. The number of benzene rings is 1. The monoisotopic (exact) mass is 333 g/mol. The Morgan fingerprint density at radius 1 is 1.19 bits per heavy atom. The summed E-state index contributed by atoms with van der Waals surface area (Å²) >= 11 is 6.27. The first-order chi connectivity index (χ1) is 10.1. The number of nitrogens with one attached hydrogen (secondary N) is 1. The normalized spacial score (nSPS) is 13.3. The molecule has 0 spiro atoms. The van der Waals surface area contributed by atoms with Gasteiger partial charge in [-0.2, -0.15) is 0 Å². The molecule has 0 fully saturated rings. The second kappa shape index (κ2) is 9.60. The Bertz CT molecular complexity index is 460. The zero-order valence-electron chi connectivity index (χ0n) is 13.0. The number of hydrogen-bond acceptors (Lipinski definition) is 4. The number of unbranched alkanes of at least 4 members (excludes halogenated alkanes) is 1. The first-order valence-corrected chi connectivity index (χ1v) is 9.44. The van der Waals surface area contributed by atoms with Crippen molar-refractivity contribution in [3.63, 3.8) is 0 Å². The quantitative estimate of drug-likeness (QED) is 0.484. The largest absolute Gasteiger partial charge is 0.351 e. The predicted octanol–water partition coefficient (Wildman–Crippen LogP) is 4.99. The highest BCUT2D eigenvalue weighted by atomic mass is 35.5. The van der Waals surface area contributed by atoms with E-state index >= 15 is 0 Å². The van der Waals surface area contributed by atoms with Crippen LogP contribution in [0.5, 0.6) is 0 Å². The summed E-state index contributed by atoms with van der Waals surface area (Å²) in [7, 11) is -3.31. The second-order valence-corrected chi connectivity index (χ2v) is 7.13. The lowest BCUT2D eigenvalue weighted by molar-refractivity contribution is 0.207. The van der Waals surface area contributed by atoms with Crippen molar-refractivity contribution in [3.05, 3.63) is 34.9 Å². The van der Waals surface area contributed by atoms with Crippen molar-refractivity contribution in [2.24, 2.45) is 0 Å². The van der Waals surface area contributed by atoms with E-state index < -0.39 is 13.4 Å². The molecular formula is C15H25ClNO3P. The Morgan fingerprint density at radius 3 is 2.33 bits per heavy atom. The summed E-state index contributed by atoms with van der Waals surface area (Å²) in [6.07, 6.45) is 2.04. The average Bonchev–Trinajstić information content (AvgIpc) is 2.45. The van der Waals surface area contributed by atoms with E-state index in [9.17, 15) is 4.57 Å². The molecular weight excluding hydrogens is 309 g/mol. The predicted molar refractivity (Wildman–Crippen MR) is 88.0 cm³/mol. The van der Waals surface area contributed by atoms with Crippen LogP contribution in [0.25, 0.3) is 0 Å². The van der Waals surface area contributed by atoms with Crippen molar-refractivity contribution in [2.75, 3.05) is 19.8 Å². The van der Waals surface area contributed by atoms with Crippen molar-refractivity contribution in [2.45, 2.75) is 39.4 Å². The van der Waals surface area contributed by atoms with Gasteiger partial charge in [0.1, 0.15) is 5.78 Å². The van der Waals surface area contributed by atoms with Gasteiger partial charge >= 0.3 is 7.60 Å². The zero-order chi connectivity index (χ0) is 15.7. The van der Waals surface area contributed by atoms with E-state index in [-0.39, 0.29) is 0 Å². The van der Waals surface area contributed by atoms with Gasteiger partial charge in [0.2, 0.25) is 0 Å². The van der Waals surface area contributed by atoms with Crippen LogP contribution in [0.2, 0.25) is 5.02 Å². The minimum atomic E-state index is -3.31. The third-order valence-electron chi connectivity index (χ3n) is 3.00. The molecule has 1 atom stereocenters. The van der Waals surface area contributed by atoms with Crippen LogP contribution in [0.4, 0.5) is 0 Å². The van der Waals surface area contributed by atoms with Gasteiger partial charge in [0.15, 0.2) is 0 Å². The molecule has 1 aromatic rings. The van der Waals surface area contributed by atoms with Crippen molar-refractivity contribution < 1.29 is 13.6 Å². The van der Waals surface area contributed by atoms with Crippen molar-refractivity contribution in [3.8, 4) is 0 Å². The van der Waals surface area contributed by atoms with Crippen LogP contribution in [-0.4, -0.2) is 19.8 Å². The third-order valence-corrected chi connectivity index (χ3v) is 5.68. The maximum atomic E-state index is 13.1. The summed E-state index contributed by atoms with van der Waals surface area (Å²) in [6, 6.07) is 7.36. The van der Waals surface area contributed by atoms with Crippen LogP contribution >= 0.6 is 19.2 Å². The molecule has 0 aliphatic carbocycles. The van der Waals surface area contributed by atoms with Crippen molar-refractivity contribution in [1.29, 1.82) is 0 Å². The molecule has 0 heterocycles. The molecule has 1 aromatic carbocycles. The summed E-state index contributed by atoms with van der Waals surface area (Å²) in [5.41, 5.74) is 0.750. The van der Waals surface area contributed by atoms with E-state index in [2.05, 4.69) is 12.2 Å². The van der Waals surface area contributed by atoms with Crippen LogP contribution in [0.15, 0.2) is 24.3 Å². The van der Waals surface area contributed by atoms with Crippen LogP contribution in [0, 0.1) is 0 Å². The molecule has 0 aliphatic rings. The van der Waals surface area contributed by atoms with Gasteiger partial charge < -0.3 is 9.05 Å². The van der Waals surface area contributed by atoms with Crippen molar-refractivity contribution >= 4 is 19.2 Å². The van der Waals surface area contributed by atoms with Gasteiger partial charge in [0.25, 0.3) is 0 Å². The third kappa shape index (κ3) is 5.39. The Balaban J connectivity index is 3.10. The van der Waals surface area contributed by atoms with Gasteiger partial charge in [-0.3, -0.25) is 9.88 Å². The fraction of sp³-hybridized carbons (Fsp3) is 0.600. The molecule has 0 amide bonds. The molecule has 0 radical (unpaired) electrons. The molecule has 0 saturated heterocycles. The topological polar surface area (TPSA) is 47.6 Å². The molecule has 4 nitrogen and oxygen atoms in total. The highest BCUT2D eigenvalue weighted by molar-refractivity contribution is 7.54. The molecule has 0 bridgehead atoms. The maximum Gasteiger partial charge on any atom is 0.351 e. The number of hydrogen-bond donors (Lipinski definition) is 1. The summed E-state index contributed by atoms with van der Waals surface area (Å²) in [4.78, 5) is 0. The minimum absolute atomic E-state index is 0.327. The Morgan fingerprint density at radius 2 is 1.81 bits per heavy atom. The van der Waals surface area contributed by atoms with E-state index in [4.69, 9.17) is 20.6 Å². The fourth-order valence-corrected chi connectivity index (χ4v) is 4.38. The number of rotatable bonds is 10. The van der Waals surface area contributed by atoms with E-state index in [0.717, 1.165) is 24.9 Å². The van der Waals surface area contributed by atoms with Gasteiger partial charge in [-0.25, -0.2) is 0 Å². The maximum absolute atomic E-state index is 13.1. The summed E-state index contributed by atoms with van der Waals surface area (Å²) in [5, 5.41) is 3.85. The van der Waals surface area contributed by atoms with Gasteiger partial charge in [-0.05, 0) is 38.4 Å². The Kier molecular flexibility index (Phi) is 8.53. The highest BCUT2D eigenvalue weighted by Crippen LogP contribution is 2.60. The van der Waals surface area contributed by atoms with Crippen LogP contribution in [0.3, 0.4) is 0 Å². The van der Waals surface area contributed by atoms with E-state index in [1.807, 2.05) is 18.2 Å². The smallest absolute Gasteiger partial charge is 0.308 e. The van der Waals surface area contributed by atoms with Gasteiger partial charge in [0, 0.05) is 5.02 Å². The average molecular weight is 334 g/mol. The lowest BCUT2D eigenvalue weighted by Crippen LogP contribution is -2.24. The number of halogens is 1. The van der Waals surface area contributed by atoms with Gasteiger partial charge in [0.05, 0.1) is 13.2 Å². The molecule has 1 N–H and O–H groups in total. The van der Waals surface area contributed by atoms with Gasteiger partial charge in [-0.15, -0.1) is 0 Å². The molecule has 1 unspecified atom stereocenters. The van der Waals surface area contributed by atoms with E-state index in [1.54, 1.807) is 19.9 Å². The van der Waals surface area contributed by atoms with Gasteiger partial charge in [-0.1, -0.05) is 43.1 Å². The molecule has 0 saturated carbocycles. The van der Waals surface area contributed by atoms with Crippen LogP contribution in [-0.2, 0) is 13.6 Å². The van der Waals surface area contributed by atoms with Crippen LogP contribution in [0.1, 0.15) is 45.0 Å². The lowest BCUT2D eigenvalue weighted by Gasteiger charge is -2.28. The fourth-order valence-electron chi connectivity index (χ4n) is 2.05. The highest BCUT2D eigenvalue weighted by Gasteiger charge is 2.37. The summed E-state index contributed by atoms with van der Waals surface area (Å²) < 4.78 is 24.1. The first kappa shape index (κ1) is 18.7. The minimum Gasteiger partial charge on any atom is -0.308 e. The molecule has 1 rings (SSSR count). The van der Waals surface area contributed by atoms with Crippen LogP contribution < -0.4 is 5.32 Å². The van der Waals surface area contributed by atoms with E-state index in [0.29, 0.717) is 18.2 Å². The SMILES string of the molecule is CCCCNC(c1ccccc1Cl)P(=O)(OCC)OCC. The standard InChI is InChI=1S/C15H25ClNO3P/c1-4-7-12-17-15(13-10-8-9-11-14(13)16)21(18,19-5-2)20-6-3/h8-11,15,17H,4-7,12H2,1-3H3. The van der Waals surface area contributed by atoms with E-state index in [1.165, 1.54) is 0 Å². The zero-order valence-corrected chi connectivity index (χ0v) is 14.6. The summed E-state index contributed by atoms with van der Waals surface area (Å²) in [5.74, 6) is -0.544. The van der Waals surface area contributed by atoms with Crippen molar-refractivity contribution in [1.82, 2.24) is 5.32 Å². The second-order valence-electron chi connectivity index (χ2n) is 4.61. The Hall–Kier alpha value is -0.380. The molecule has 21 heavy (non-hydrogen) atoms. The summed E-state index contributed by atoms with van der Waals surface area (Å²) in [6.45, 7) is 7.11. The molecule has 0 aromatic heterocycles.